The molecule has 1 aliphatic heterocycles. The summed E-state index contributed by atoms with van der Waals surface area (Å²) in [7, 11) is 0. The zero-order chi connectivity index (χ0) is 11.8. The molecule has 0 aromatic carbocycles. The summed E-state index contributed by atoms with van der Waals surface area (Å²) in [5.41, 5.74) is 5.06. The van der Waals surface area contributed by atoms with E-state index in [2.05, 4.69) is 5.32 Å². The van der Waals surface area contributed by atoms with Crippen molar-refractivity contribution in [3.8, 4) is 0 Å². The second-order valence-electron chi connectivity index (χ2n) is 4.57. The minimum absolute atomic E-state index is 0.151. The summed E-state index contributed by atoms with van der Waals surface area (Å²) in [5, 5.41) is 11.6. The lowest BCUT2D eigenvalue weighted by molar-refractivity contribution is -0.142. The largest absolute Gasteiger partial charge is 0.481 e. The van der Waals surface area contributed by atoms with Crippen LogP contribution in [0.25, 0.3) is 0 Å². The molecule has 6 heteroatoms. The van der Waals surface area contributed by atoms with Gasteiger partial charge in [-0.3, -0.25) is 9.59 Å². The van der Waals surface area contributed by atoms with Gasteiger partial charge in [0.05, 0.1) is 24.8 Å². The number of carbonyl (C=O) groups is 2. The topological polar surface area (TPSA) is 102 Å². The van der Waals surface area contributed by atoms with E-state index in [-0.39, 0.29) is 19.1 Å². The molecule has 2 rings (SSSR count). The normalized spacial score (nSPS) is 31.8. The number of hydrogen-bond donors (Lipinski definition) is 3. The van der Waals surface area contributed by atoms with Crippen molar-refractivity contribution in [3.63, 3.8) is 0 Å². The smallest absolute Gasteiger partial charge is 0.311 e. The molecular formula is C10H16N2O4. The van der Waals surface area contributed by atoms with Gasteiger partial charge in [-0.25, -0.2) is 0 Å². The molecule has 0 aromatic rings. The quantitative estimate of drug-likeness (QED) is 0.580. The predicted octanol–water partition coefficient (Wildman–Crippen LogP) is -0.916. The Balaban J connectivity index is 1.93. The van der Waals surface area contributed by atoms with Gasteiger partial charge in [-0.05, 0) is 19.3 Å². The van der Waals surface area contributed by atoms with Crippen molar-refractivity contribution in [1.82, 2.24) is 5.32 Å². The molecule has 16 heavy (non-hydrogen) atoms. The summed E-state index contributed by atoms with van der Waals surface area (Å²) in [5.74, 6) is -1.85. The average Bonchev–Trinajstić information content (AvgIpc) is 2.62. The van der Waals surface area contributed by atoms with Gasteiger partial charge in [0, 0.05) is 0 Å². The third-order valence-corrected chi connectivity index (χ3v) is 3.41. The molecule has 90 valence electrons. The zero-order valence-electron chi connectivity index (χ0n) is 8.94. The molecule has 1 aliphatic carbocycles. The van der Waals surface area contributed by atoms with E-state index in [1.807, 2.05) is 0 Å². The highest BCUT2D eigenvalue weighted by atomic mass is 16.5. The first-order chi connectivity index (χ1) is 7.53. The molecule has 1 saturated heterocycles. The van der Waals surface area contributed by atoms with Crippen molar-refractivity contribution in [2.45, 2.75) is 30.8 Å². The third kappa shape index (κ3) is 1.90. The average molecular weight is 228 g/mol. The number of carboxylic acids is 1. The Morgan fingerprint density at radius 1 is 1.38 bits per heavy atom. The maximum Gasteiger partial charge on any atom is 0.311 e. The lowest BCUT2D eigenvalue weighted by Gasteiger charge is -2.37. The van der Waals surface area contributed by atoms with Gasteiger partial charge in [0.15, 0.2) is 0 Å². The molecule has 1 amide bonds. The Morgan fingerprint density at radius 3 is 2.56 bits per heavy atom. The van der Waals surface area contributed by atoms with Crippen LogP contribution in [0.2, 0.25) is 0 Å². The van der Waals surface area contributed by atoms with Crippen molar-refractivity contribution >= 4 is 11.9 Å². The minimum Gasteiger partial charge on any atom is -0.481 e. The number of nitrogens with two attached hydrogens (primary N) is 1. The maximum absolute atomic E-state index is 11.8. The Labute approximate surface area is 93.1 Å². The fraction of sp³-hybridized carbons (Fsp3) is 0.800. The van der Waals surface area contributed by atoms with Crippen LogP contribution in [0, 0.1) is 5.92 Å². The molecular weight excluding hydrogens is 212 g/mol. The molecule has 4 N–H and O–H groups in total. The van der Waals surface area contributed by atoms with E-state index in [0.717, 1.165) is 6.42 Å². The van der Waals surface area contributed by atoms with Crippen LogP contribution in [0.15, 0.2) is 0 Å². The van der Waals surface area contributed by atoms with Crippen LogP contribution in [0.1, 0.15) is 19.3 Å². The first-order valence-corrected chi connectivity index (χ1v) is 5.43. The molecule has 0 spiro atoms. The number of carbonyl (C=O) groups excluding carboxylic acids is 1. The lowest BCUT2D eigenvalue weighted by Crippen LogP contribution is -2.61. The van der Waals surface area contributed by atoms with E-state index in [4.69, 9.17) is 15.6 Å². The van der Waals surface area contributed by atoms with Crippen LogP contribution in [0.5, 0.6) is 0 Å². The van der Waals surface area contributed by atoms with Crippen LogP contribution in [-0.4, -0.2) is 41.8 Å². The van der Waals surface area contributed by atoms with Crippen LogP contribution in [0.3, 0.4) is 0 Å². The van der Waals surface area contributed by atoms with E-state index >= 15 is 0 Å². The zero-order valence-corrected chi connectivity index (χ0v) is 8.94. The van der Waals surface area contributed by atoms with Gasteiger partial charge < -0.3 is 20.9 Å². The molecule has 1 saturated carbocycles. The van der Waals surface area contributed by atoms with Gasteiger partial charge in [0.1, 0.15) is 5.92 Å². The van der Waals surface area contributed by atoms with Crippen molar-refractivity contribution in [1.29, 1.82) is 0 Å². The number of aliphatic carboxylic acids is 1. The van der Waals surface area contributed by atoms with Gasteiger partial charge in [0.25, 0.3) is 0 Å². The number of amides is 1. The molecule has 2 fully saturated rings. The molecule has 1 heterocycles. The third-order valence-electron chi connectivity index (χ3n) is 3.41. The highest BCUT2D eigenvalue weighted by molar-refractivity contribution is 5.87. The Hall–Kier alpha value is -1.14. The van der Waals surface area contributed by atoms with Gasteiger partial charge >= 0.3 is 5.97 Å². The lowest BCUT2D eigenvalue weighted by atomic mass is 9.77. The van der Waals surface area contributed by atoms with Crippen molar-refractivity contribution < 1.29 is 19.4 Å². The second kappa shape index (κ2) is 4.03. The SMILES string of the molecule is NC1(C(=O)NC2COCC2C(=O)O)CCC1. The molecule has 2 atom stereocenters. The summed E-state index contributed by atoms with van der Waals surface area (Å²) in [6, 6.07) is -0.453. The van der Waals surface area contributed by atoms with E-state index in [0.29, 0.717) is 12.8 Å². The highest BCUT2D eigenvalue weighted by Crippen LogP contribution is 2.29. The molecule has 0 aromatic heterocycles. The number of hydrogen-bond acceptors (Lipinski definition) is 4. The van der Waals surface area contributed by atoms with E-state index in [1.165, 1.54) is 0 Å². The van der Waals surface area contributed by atoms with Crippen LogP contribution < -0.4 is 11.1 Å². The predicted molar refractivity (Wildman–Crippen MR) is 54.6 cm³/mol. The van der Waals surface area contributed by atoms with Crippen molar-refractivity contribution in [2.75, 3.05) is 13.2 Å². The Kier molecular flexibility index (Phi) is 2.86. The standard InChI is InChI=1S/C10H16N2O4/c11-10(2-1-3-10)9(15)12-7-5-16-4-6(7)8(13)14/h6-7H,1-5,11H2,(H,12,15)(H,13,14). The van der Waals surface area contributed by atoms with Gasteiger partial charge in [-0.15, -0.1) is 0 Å². The first-order valence-electron chi connectivity index (χ1n) is 5.43. The molecule has 0 bridgehead atoms. The summed E-state index contributed by atoms with van der Waals surface area (Å²) in [6.07, 6.45) is 2.29. The summed E-state index contributed by atoms with van der Waals surface area (Å²) < 4.78 is 5.06. The monoisotopic (exact) mass is 228 g/mol. The Bertz CT molecular complexity index is 314. The van der Waals surface area contributed by atoms with Crippen LogP contribution >= 0.6 is 0 Å². The highest BCUT2D eigenvalue weighted by Gasteiger charge is 2.43. The van der Waals surface area contributed by atoms with E-state index < -0.39 is 23.5 Å². The summed E-state index contributed by atoms with van der Waals surface area (Å²) >= 11 is 0. The second-order valence-corrected chi connectivity index (χ2v) is 4.57. The summed E-state index contributed by atoms with van der Waals surface area (Å²) in [4.78, 5) is 22.7. The van der Waals surface area contributed by atoms with Crippen molar-refractivity contribution in [3.05, 3.63) is 0 Å². The van der Waals surface area contributed by atoms with Crippen LogP contribution in [-0.2, 0) is 14.3 Å². The number of nitrogens with one attached hydrogen (secondary N) is 1. The maximum atomic E-state index is 11.8. The number of rotatable bonds is 3. The first kappa shape index (κ1) is 11.3. The Morgan fingerprint density at radius 2 is 2.06 bits per heavy atom. The van der Waals surface area contributed by atoms with Gasteiger partial charge in [0.2, 0.25) is 5.91 Å². The number of carboxylic acid groups (broad SMARTS) is 1. The minimum atomic E-state index is -0.942. The van der Waals surface area contributed by atoms with Gasteiger partial charge in [-0.1, -0.05) is 0 Å². The van der Waals surface area contributed by atoms with E-state index in [1.54, 1.807) is 0 Å². The molecule has 6 nitrogen and oxygen atoms in total. The fourth-order valence-corrected chi connectivity index (χ4v) is 2.04. The molecule has 2 unspecified atom stereocenters. The van der Waals surface area contributed by atoms with E-state index in [9.17, 15) is 9.59 Å². The van der Waals surface area contributed by atoms with Gasteiger partial charge in [-0.2, -0.15) is 0 Å². The fourth-order valence-electron chi connectivity index (χ4n) is 2.04. The van der Waals surface area contributed by atoms with Crippen LogP contribution in [0.4, 0.5) is 0 Å². The summed E-state index contributed by atoms with van der Waals surface area (Å²) in [6.45, 7) is 0.399. The molecule has 0 radical (unpaired) electrons. The molecule has 2 aliphatic rings. The van der Waals surface area contributed by atoms with Crippen molar-refractivity contribution in [2.24, 2.45) is 11.7 Å². The number of ether oxygens (including phenoxy) is 1.